The summed E-state index contributed by atoms with van der Waals surface area (Å²) in [5.41, 5.74) is 1.07. The second-order valence-electron chi connectivity index (χ2n) is 6.09. The van der Waals surface area contributed by atoms with Crippen molar-refractivity contribution in [1.82, 2.24) is 10.6 Å². The van der Waals surface area contributed by atoms with E-state index in [2.05, 4.69) is 17.6 Å². The number of halogens is 1. The maximum atomic E-state index is 12.9. The smallest absolute Gasteiger partial charge is 0.223 e. The molecule has 20 heavy (non-hydrogen) atoms. The molecule has 2 N–H and O–H groups in total. The first-order chi connectivity index (χ1) is 9.63. The second-order valence-corrected chi connectivity index (χ2v) is 6.09. The molecule has 108 valence electrons. The van der Waals surface area contributed by atoms with Gasteiger partial charge in [-0.25, -0.2) is 4.39 Å². The quantitative estimate of drug-likeness (QED) is 0.888. The second kappa shape index (κ2) is 5.52. The van der Waals surface area contributed by atoms with E-state index in [0.717, 1.165) is 31.4 Å². The number of amides is 1. The first-order valence-electron chi connectivity index (χ1n) is 7.42. The summed E-state index contributed by atoms with van der Waals surface area (Å²) in [6, 6.07) is 7.29. The highest BCUT2D eigenvalue weighted by atomic mass is 19.1. The fourth-order valence-corrected chi connectivity index (χ4v) is 3.13. The van der Waals surface area contributed by atoms with Gasteiger partial charge in [-0.05, 0) is 56.3 Å². The van der Waals surface area contributed by atoms with E-state index in [4.69, 9.17) is 0 Å². The van der Waals surface area contributed by atoms with Crippen LogP contribution in [0.3, 0.4) is 0 Å². The van der Waals surface area contributed by atoms with Gasteiger partial charge in [0.15, 0.2) is 0 Å². The van der Waals surface area contributed by atoms with Gasteiger partial charge in [0, 0.05) is 18.0 Å². The SMILES string of the molecule is CC1CC(NC(=O)C2CC2c2ccc(F)cc2)CCN1. The molecule has 1 saturated carbocycles. The molecule has 0 aromatic heterocycles. The summed E-state index contributed by atoms with van der Waals surface area (Å²) in [5.74, 6) is 0.290. The molecule has 2 aliphatic rings. The fraction of sp³-hybridized carbons (Fsp3) is 0.562. The predicted octanol–water partition coefficient (Wildman–Crippen LogP) is 2.19. The number of carbonyl (C=O) groups excluding carboxylic acids is 1. The monoisotopic (exact) mass is 276 g/mol. The number of benzene rings is 1. The molecule has 1 aromatic carbocycles. The summed E-state index contributed by atoms with van der Waals surface area (Å²) >= 11 is 0. The first-order valence-corrected chi connectivity index (χ1v) is 7.42. The van der Waals surface area contributed by atoms with Crippen molar-refractivity contribution < 1.29 is 9.18 Å². The largest absolute Gasteiger partial charge is 0.353 e. The van der Waals surface area contributed by atoms with Crippen LogP contribution in [0.4, 0.5) is 4.39 Å². The number of hydrogen-bond donors (Lipinski definition) is 2. The van der Waals surface area contributed by atoms with E-state index >= 15 is 0 Å². The van der Waals surface area contributed by atoms with Gasteiger partial charge in [-0.15, -0.1) is 0 Å². The molecule has 1 aliphatic carbocycles. The van der Waals surface area contributed by atoms with Crippen molar-refractivity contribution in [2.24, 2.45) is 5.92 Å². The third-order valence-electron chi connectivity index (χ3n) is 4.40. The van der Waals surface area contributed by atoms with Crippen molar-refractivity contribution in [2.45, 2.75) is 44.2 Å². The van der Waals surface area contributed by atoms with Crippen LogP contribution in [0.2, 0.25) is 0 Å². The van der Waals surface area contributed by atoms with Crippen LogP contribution in [0.1, 0.15) is 37.7 Å². The molecule has 1 saturated heterocycles. The van der Waals surface area contributed by atoms with Gasteiger partial charge in [0.1, 0.15) is 5.82 Å². The van der Waals surface area contributed by atoms with Crippen molar-refractivity contribution >= 4 is 5.91 Å². The van der Waals surface area contributed by atoms with Crippen LogP contribution in [0, 0.1) is 11.7 Å². The average molecular weight is 276 g/mol. The summed E-state index contributed by atoms with van der Waals surface area (Å²) < 4.78 is 12.9. The lowest BCUT2D eigenvalue weighted by atomic mass is 10.0. The van der Waals surface area contributed by atoms with Crippen LogP contribution in [0.15, 0.2) is 24.3 Å². The van der Waals surface area contributed by atoms with Gasteiger partial charge in [-0.1, -0.05) is 12.1 Å². The highest BCUT2D eigenvalue weighted by Gasteiger charge is 2.44. The minimum Gasteiger partial charge on any atom is -0.353 e. The molecular formula is C16H21FN2O. The zero-order valence-electron chi connectivity index (χ0n) is 11.7. The Morgan fingerprint density at radius 2 is 2.05 bits per heavy atom. The highest BCUT2D eigenvalue weighted by Crippen LogP contribution is 2.47. The molecule has 1 heterocycles. The van der Waals surface area contributed by atoms with Crippen LogP contribution in [-0.4, -0.2) is 24.5 Å². The lowest BCUT2D eigenvalue weighted by Crippen LogP contribution is -2.47. The average Bonchev–Trinajstić information content (AvgIpc) is 3.20. The minimum atomic E-state index is -0.223. The van der Waals surface area contributed by atoms with Crippen molar-refractivity contribution in [3.05, 3.63) is 35.6 Å². The molecule has 0 spiro atoms. The first kappa shape index (κ1) is 13.6. The molecule has 3 rings (SSSR count). The molecule has 4 unspecified atom stereocenters. The normalized spacial score (nSPS) is 32.7. The Kier molecular flexibility index (Phi) is 3.74. The molecule has 4 atom stereocenters. The van der Waals surface area contributed by atoms with Gasteiger partial charge in [-0.2, -0.15) is 0 Å². The van der Waals surface area contributed by atoms with E-state index in [-0.39, 0.29) is 23.6 Å². The molecule has 4 heteroatoms. The van der Waals surface area contributed by atoms with Crippen LogP contribution >= 0.6 is 0 Å². The standard InChI is InChI=1S/C16H21FN2O/c1-10-8-13(6-7-18-10)19-16(20)15-9-14(15)11-2-4-12(17)5-3-11/h2-5,10,13-15,18H,6-9H2,1H3,(H,19,20). The van der Waals surface area contributed by atoms with Crippen molar-refractivity contribution in [3.63, 3.8) is 0 Å². The molecular weight excluding hydrogens is 255 g/mol. The third-order valence-corrected chi connectivity index (χ3v) is 4.40. The van der Waals surface area contributed by atoms with Crippen LogP contribution in [0.5, 0.6) is 0 Å². The van der Waals surface area contributed by atoms with E-state index < -0.39 is 0 Å². The van der Waals surface area contributed by atoms with Gasteiger partial charge in [0.25, 0.3) is 0 Å². The summed E-state index contributed by atoms with van der Waals surface area (Å²) in [4.78, 5) is 12.2. The van der Waals surface area contributed by atoms with Gasteiger partial charge < -0.3 is 10.6 Å². The Morgan fingerprint density at radius 3 is 2.75 bits per heavy atom. The number of rotatable bonds is 3. The Labute approximate surface area is 118 Å². The maximum absolute atomic E-state index is 12.9. The highest BCUT2D eigenvalue weighted by molar-refractivity contribution is 5.83. The predicted molar refractivity (Wildman–Crippen MR) is 75.9 cm³/mol. The Balaban J connectivity index is 1.53. The zero-order valence-corrected chi connectivity index (χ0v) is 11.7. The number of piperidine rings is 1. The van der Waals surface area contributed by atoms with Gasteiger partial charge in [0.2, 0.25) is 5.91 Å². The van der Waals surface area contributed by atoms with E-state index in [9.17, 15) is 9.18 Å². The molecule has 1 amide bonds. The van der Waals surface area contributed by atoms with E-state index in [1.54, 1.807) is 12.1 Å². The van der Waals surface area contributed by atoms with Gasteiger partial charge >= 0.3 is 0 Å². The van der Waals surface area contributed by atoms with Crippen LogP contribution in [-0.2, 0) is 4.79 Å². The fourth-order valence-electron chi connectivity index (χ4n) is 3.13. The summed E-state index contributed by atoms with van der Waals surface area (Å²) in [6.45, 7) is 3.12. The zero-order chi connectivity index (χ0) is 14.1. The Morgan fingerprint density at radius 1 is 1.30 bits per heavy atom. The van der Waals surface area contributed by atoms with Crippen LogP contribution < -0.4 is 10.6 Å². The van der Waals surface area contributed by atoms with Crippen molar-refractivity contribution in [2.75, 3.05) is 6.54 Å². The van der Waals surface area contributed by atoms with E-state index in [1.807, 2.05) is 0 Å². The van der Waals surface area contributed by atoms with E-state index in [0.29, 0.717) is 12.1 Å². The topological polar surface area (TPSA) is 41.1 Å². The molecule has 1 aliphatic heterocycles. The molecule has 0 radical (unpaired) electrons. The molecule has 1 aromatic rings. The Bertz CT molecular complexity index is 488. The van der Waals surface area contributed by atoms with Gasteiger partial charge in [0.05, 0.1) is 0 Å². The van der Waals surface area contributed by atoms with Gasteiger partial charge in [-0.3, -0.25) is 4.79 Å². The summed E-state index contributed by atoms with van der Waals surface area (Å²) in [6.07, 6.45) is 2.89. The molecule has 3 nitrogen and oxygen atoms in total. The minimum absolute atomic E-state index is 0.0747. The summed E-state index contributed by atoms with van der Waals surface area (Å²) in [5, 5.41) is 6.55. The number of carbonyl (C=O) groups is 1. The van der Waals surface area contributed by atoms with E-state index in [1.165, 1.54) is 12.1 Å². The van der Waals surface area contributed by atoms with Crippen molar-refractivity contribution in [1.29, 1.82) is 0 Å². The third kappa shape index (κ3) is 3.01. The number of nitrogens with one attached hydrogen (secondary N) is 2. The molecule has 2 fully saturated rings. The van der Waals surface area contributed by atoms with Crippen LogP contribution in [0.25, 0.3) is 0 Å². The Hall–Kier alpha value is -1.42. The maximum Gasteiger partial charge on any atom is 0.223 e. The molecule has 0 bridgehead atoms. The number of hydrogen-bond acceptors (Lipinski definition) is 2. The lowest BCUT2D eigenvalue weighted by Gasteiger charge is -2.28. The van der Waals surface area contributed by atoms with Crippen molar-refractivity contribution in [3.8, 4) is 0 Å². The lowest BCUT2D eigenvalue weighted by molar-refractivity contribution is -0.123. The summed E-state index contributed by atoms with van der Waals surface area (Å²) in [7, 11) is 0.